The predicted octanol–water partition coefficient (Wildman–Crippen LogP) is 4.86. The van der Waals surface area contributed by atoms with Crippen molar-refractivity contribution in [2.45, 2.75) is 32.6 Å². The number of nitrogens with zero attached hydrogens (tertiary/aromatic N) is 3. The van der Waals surface area contributed by atoms with Crippen LogP contribution >= 0.6 is 22.7 Å². The summed E-state index contributed by atoms with van der Waals surface area (Å²) in [5, 5.41) is 3.85. The van der Waals surface area contributed by atoms with E-state index < -0.39 is 5.63 Å². The van der Waals surface area contributed by atoms with Gasteiger partial charge < -0.3 is 4.42 Å². The Morgan fingerprint density at radius 1 is 1.10 bits per heavy atom. The topological polar surface area (TPSA) is 78.0 Å². The van der Waals surface area contributed by atoms with Crippen LogP contribution in [0.2, 0.25) is 0 Å². The average Bonchev–Trinajstić information content (AvgIpc) is 3.38. The van der Waals surface area contributed by atoms with E-state index >= 15 is 0 Å². The van der Waals surface area contributed by atoms with Gasteiger partial charge in [-0.1, -0.05) is 18.2 Å². The molecule has 6 rings (SSSR count). The molecule has 0 amide bonds. The SMILES string of the molecule is Cc1nc2sc3c(c2c(=O)n1-c1nc(-c2cc4ccccc4oc2=O)cs1)CCCC3. The number of hydrogen-bond donors (Lipinski definition) is 0. The Morgan fingerprint density at radius 2 is 1.94 bits per heavy atom. The summed E-state index contributed by atoms with van der Waals surface area (Å²) < 4.78 is 7.02. The first kappa shape index (κ1) is 18.7. The van der Waals surface area contributed by atoms with Gasteiger partial charge in [-0.3, -0.25) is 4.79 Å². The van der Waals surface area contributed by atoms with Crippen LogP contribution in [-0.4, -0.2) is 14.5 Å². The van der Waals surface area contributed by atoms with Crippen LogP contribution in [0.5, 0.6) is 0 Å². The number of fused-ring (bicyclic) bond motifs is 4. The fourth-order valence-corrected chi connectivity index (χ4v) is 6.43. The molecule has 0 bridgehead atoms. The molecule has 5 aromatic rings. The van der Waals surface area contributed by atoms with Crippen LogP contribution in [0, 0.1) is 6.92 Å². The molecule has 4 heterocycles. The second-order valence-corrected chi connectivity index (χ2v) is 9.61. The highest BCUT2D eigenvalue weighted by Crippen LogP contribution is 2.34. The van der Waals surface area contributed by atoms with E-state index in [0.717, 1.165) is 46.8 Å². The molecule has 0 spiro atoms. The van der Waals surface area contributed by atoms with Gasteiger partial charge in [0.2, 0.25) is 0 Å². The van der Waals surface area contributed by atoms with E-state index in [1.807, 2.05) is 25.1 Å². The van der Waals surface area contributed by atoms with Gasteiger partial charge >= 0.3 is 5.63 Å². The van der Waals surface area contributed by atoms with Gasteiger partial charge in [-0.15, -0.1) is 22.7 Å². The first-order chi connectivity index (χ1) is 15.1. The molecule has 6 nitrogen and oxygen atoms in total. The minimum Gasteiger partial charge on any atom is -0.422 e. The van der Waals surface area contributed by atoms with Gasteiger partial charge in [-0.05, 0) is 50.3 Å². The van der Waals surface area contributed by atoms with Gasteiger partial charge in [-0.2, -0.15) is 0 Å². The first-order valence-corrected chi connectivity index (χ1v) is 11.8. The Bertz CT molecular complexity index is 1610. The summed E-state index contributed by atoms with van der Waals surface area (Å²) in [5.74, 6) is 0.600. The molecule has 0 unspecified atom stereocenters. The van der Waals surface area contributed by atoms with Crippen LogP contribution in [0.15, 0.2) is 49.7 Å². The fourth-order valence-electron chi connectivity index (χ4n) is 4.26. The van der Waals surface area contributed by atoms with Crippen molar-refractivity contribution in [3.05, 3.63) is 72.8 Å². The van der Waals surface area contributed by atoms with Crippen LogP contribution in [0.4, 0.5) is 0 Å². The molecule has 0 atom stereocenters. The Balaban J connectivity index is 1.52. The lowest BCUT2D eigenvalue weighted by atomic mass is 9.97. The van der Waals surface area contributed by atoms with Gasteiger partial charge in [0.15, 0.2) is 5.13 Å². The monoisotopic (exact) mass is 447 g/mol. The molecular weight excluding hydrogens is 430 g/mol. The maximum atomic E-state index is 13.5. The number of thiophene rings is 1. The number of hydrogen-bond acceptors (Lipinski definition) is 7. The molecule has 0 fully saturated rings. The lowest BCUT2D eigenvalue weighted by Gasteiger charge is -2.10. The summed E-state index contributed by atoms with van der Waals surface area (Å²) in [7, 11) is 0. The second kappa shape index (κ2) is 6.96. The highest BCUT2D eigenvalue weighted by atomic mass is 32.1. The average molecular weight is 448 g/mol. The van der Waals surface area contributed by atoms with Crippen molar-refractivity contribution < 1.29 is 4.42 Å². The third-order valence-electron chi connectivity index (χ3n) is 5.76. The molecule has 1 aromatic carbocycles. The van der Waals surface area contributed by atoms with E-state index in [1.165, 1.54) is 16.2 Å². The highest BCUT2D eigenvalue weighted by Gasteiger charge is 2.23. The van der Waals surface area contributed by atoms with E-state index in [0.29, 0.717) is 27.8 Å². The second-order valence-electron chi connectivity index (χ2n) is 7.69. The third kappa shape index (κ3) is 2.90. The molecule has 0 saturated heterocycles. The molecule has 0 aliphatic heterocycles. The molecular formula is C23H17N3O3S2. The van der Waals surface area contributed by atoms with Gasteiger partial charge in [0.25, 0.3) is 5.56 Å². The van der Waals surface area contributed by atoms with Gasteiger partial charge in [0.05, 0.1) is 16.6 Å². The Morgan fingerprint density at radius 3 is 2.84 bits per heavy atom. The van der Waals surface area contributed by atoms with E-state index in [4.69, 9.17) is 9.40 Å². The summed E-state index contributed by atoms with van der Waals surface area (Å²) >= 11 is 2.97. The Hall–Kier alpha value is -3.10. The maximum absolute atomic E-state index is 13.5. The number of aromatic nitrogens is 3. The number of thiazole rings is 1. The first-order valence-electron chi connectivity index (χ1n) is 10.1. The van der Waals surface area contributed by atoms with Crippen LogP contribution in [0.25, 0.3) is 37.6 Å². The van der Waals surface area contributed by atoms with Crippen LogP contribution < -0.4 is 11.2 Å². The quantitative estimate of drug-likeness (QED) is 0.361. The molecule has 0 radical (unpaired) electrons. The molecule has 154 valence electrons. The van der Waals surface area contributed by atoms with Crippen LogP contribution in [0.1, 0.15) is 29.1 Å². The fraction of sp³-hybridized carbons (Fsp3) is 0.217. The van der Waals surface area contributed by atoms with Gasteiger partial charge in [-0.25, -0.2) is 19.3 Å². The van der Waals surface area contributed by atoms with Crippen LogP contribution in [-0.2, 0) is 12.8 Å². The van der Waals surface area contributed by atoms with E-state index in [9.17, 15) is 9.59 Å². The molecule has 1 aliphatic carbocycles. The predicted molar refractivity (Wildman–Crippen MR) is 124 cm³/mol. The van der Waals surface area contributed by atoms with E-state index in [1.54, 1.807) is 33.4 Å². The summed E-state index contributed by atoms with van der Waals surface area (Å²) in [5.41, 5.74) is 2.06. The molecule has 0 saturated carbocycles. The van der Waals surface area contributed by atoms with Crippen molar-refractivity contribution in [3.8, 4) is 16.4 Å². The number of benzene rings is 1. The zero-order chi connectivity index (χ0) is 21.1. The van der Waals surface area contributed by atoms with Gasteiger partial charge in [0.1, 0.15) is 16.2 Å². The number of rotatable bonds is 2. The summed E-state index contributed by atoms with van der Waals surface area (Å²) in [6.45, 7) is 1.82. The standard InChI is InChI=1S/C23H17N3O3S2/c1-12-24-20-19(14-7-3-5-9-18(14)31-20)21(27)26(12)23-25-16(11-30-23)15-10-13-6-2-4-8-17(13)29-22(15)28/h2,4,6,8,10-11H,3,5,7,9H2,1H3. The Labute approximate surface area is 184 Å². The zero-order valence-corrected chi connectivity index (χ0v) is 18.3. The third-order valence-corrected chi connectivity index (χ3v) is 7.77. The van der Waals surface area contributed by atoms with Crippen molar-refractivity contribution in [1.82, 2.24) is 14.5 Å². The minimum atomic E-state index is -0.444. The van der Waals surface area contributed by atoms with E-state index in [2.05, 4.69) is 4.98 Å². The van der Waals surface area contributed by atoms with Crippen molar-refractivity contribution in [3.63, 3.8) is 0 Å². The van der Waals surface area contributed by atoms with Crippen molar-refractivity contribution in [2.75, 3.05) is 0 Å². The van der Waals surface area contributed by atoms with Crippen molar-refractivity contribution >= 4 is 43.9 Å². The molecule has 4 aromatic heterocycles. The summed E-state index contributed by atoms with van der Waals surface area (Å²) in [6.07, 6.45) is 4.22. The zero-order valence-electron chi connectivity index (χ0n) is 16.7. The molecule has 31 heavy (non-hydrogen) atoms. The molecule has 8 heteroatoms. The highest BCUT2D eigenvalue weighted by molar-refractivity contribution is 7.18. The number of para-hydroxylation sites is 1. The molecule has 0 N–H and O–H groups in total. The Kier molecular flexibility index (Phi) is 4.19. The van der Waals surface area contributed by atoms with Crippen LogP contribution in [0.3, 0.4) is 0 Å². The maximum Gasteiger partial charge on any atom is 0.345 e. The summed E-state index contributed by atoms with van der Waals surface area (Å²) in [4.78, 5) is 37.5. The molecule has 1 aliphatic rings. The lowest BCUT2D eigenvalue weighted by Crippen LogP contribution is -2.22. The largest absolute Gasteiger partial charge is 0.422 e. The van der Waals surface area contributed by atoms with Gasteiger partial charge in [0, 0.05) is 15.6 Å². The lowest BCUT2D eigenvalue weighted by molar-refractivity contribution is 0.563. The normalized spacial score (nSPS) is 13.7. The van der Waals surface area contributed by atoms with E-state index in [-0.39, 0.29) is 5.56 Å². The smallest absolute Gasteiger partial charge is 0.345 e. The summed E-state index contributed by atoms with van der Waals surface area (Å²) in [6, 6.07) is 9.16. The van der Waals surface area contributed by atoms with Crippen molar-refractivity contribution in [1.29, 1.82) is 0 Å². The number of aryl methyl sites for hydroxylation is 3. The minimum absolute atomic E-state index is 0.0756. The van der Waals surface area contributed by atoms with Crippen molar-refractivity contribution in [2.24, 2.45) is 0 Å².